The summed E-state index contributed by atoms with van der Waals surface area (Å²) in [6.07, 6.45) is 3.68. The maximum atomic E-state index is 5.60. The largest absolute Gasteiger partial charge is 0.381 e. The fourth-order valence-corrected chi connectivity index (χ4v) is 1.79. The van der Waals surface area contributed by atoms with Crippen molar-refractivity contribution in [2.24, 2.45) is 16.8 Å². The first-order valence-electron chi connectivity index (χ1n) is 8.40. The lowest BCUT2D eigenvalue weighted by molar-refractivity contribution is 0.114. The standard InChI is InChI=1S/C16H33N3O2.HI/c1-4-17-16(19-9-11-21-12-14(2)3)18-8-5-10-20-13-15-6-7-15;/h14-15H,4-13H2,1-3H3,(H2,17,18,19);1H. The van der Waals surface area contributed by atoms with Crippen LogP contribution in [0.3, 0.4) is 0 Å². The third-order valence-electron chi connectivity index (χ3n) is 3.10. The third kappa shape index (κ3) is 13.6. The molecule has 0 aromatic rings. The molecule has 1 fully saturated rings. The molecule has 1 aliphatic carbocycles. The van der Waals surface area contributed by atoms with Crippen LogP contribution >= 0.6 is 24.0 Å². The summed E-state index contributed by atoms with van der Waals surface area (Å²) in [6.45, 7) is 12.1. The molecule has 0 saturated heterocycles. The summed E-state index contributed by atoms with van der Waals surface area (Å²) in [6, 6.07) is 0. The van der Waals surface area contributed by atoms with Crippen molar-refractivity contribution >= 4 is 29.9 Å². The Labute approximate surface area is 153 Å². The first kappa shape index (κ1) is 21.9. The molecule has 0 spiro atoms. The van der Waals surface area contributed by atoms with Gasteiger partial charge in [-0.3, -0.25) is 4.99 Å². The van der Waals surface area contributed by atoms with E-state index in [1.165, 1.54) is 12.8 Å². The second kappa shape index (κ2) is 14.5. The lowest BCUT2D eigenvalue weighted by Gasteiger charge is -2.12. The zero-order valence-electron chi connectivity index (χ0n) is 14.4. The van der Waals surface area contributed by atoms with Gasteiger partial charge in [-0.1, -0.05) is 13.8 Å². The predicted octanol–water partition coefficient (Wildman–Crippen LogP) is 2.65. The molecule has 132 valence electrons. The van der Waals surface area contributed by atoms with Crippen molar-refractivity contribution in [3.8, 4) is 0 Å². The number of halogens is 1. The third-order valence-corrected chi connectivity index (χ3v) is 3.10. The molecule has 2 N–H and O–H groups in total. The van der Waals surface area contributed by atoms with Crippen LogP contribution in [0.25, 0.3) is 0 Å². The molecule has 1 aliphatic rings. The van der Waals surface area contributed by atoms with Gasteiger partial charge in [0, 0.05) is 39.5 Å². The number of guanidine groups is 1. The zero-order chi connectivity index (χ0) is 15.3. The molecule has 6 heteroatoms. The van der Waals surface area contributed by atoms with Gasteiger partial charge in [0.1, 0.15) is 0 Å². The van der Waals surface area contributed by atoms with Crippen molar-refractivity contribution in [1.82, 2.24) is 10.6 Å². The highest BCUT2D eigenvalue weighted by atomic mass is 127. The lowest BCUT2D eigenvalue weighted by atomic mass is 10.2. The smallest absolute Gasteiger partial charge is 0.191 e. The quantitative estimate of drug-likeness (QED) is 0.218. The van der Waals surface area contributed by atoms with Crippen LogP contribution < -0.4 is 10.6 Å². The topological polar surface area (TPSA) is 54.9 Å². The van der Waals surface area contributed by atoms with Gasteiger partial charge >= 0.3 is 0 Å². The molecule has 0 radical (unpaired) electrons. The van der Waals surface area contributed by atoms with Gasteiger partial charge in [0.05, 0.1) is 6.61 Å². The molecule has 22 heavy (non-hydrogen) atoms. The maximum absolute atomic E-state index is 5.60. The van der Waals surface area contributed by atoms with Gasteiger partial charge in [-0.05, 0) is 38.0 Å². The average molecular weight is 427 g/mol. The summed E-state index contributed by atoms with van der Waals surface area (Å²) in [5.41, 5.74) is 0. The SMILES string of the molecule is CCNC(=NCCCOCC1CC1)NCCOCC(C)C.I. The molecule has 1 rings (SSSR count). The van der Waals surface area contributed by atoms with E-state index in [0.29, 0.717) is 12.5 Å². The van der Waals surface area contributed by atoms with Gasteiger partial charge in [-0.15, -0.1) is 24.0 Å². The minimum Gasteiger partial charge on any atom is -0.381 e. The van der Waals surface area contributed by atoms with E-state index in [9.17, 15) is 0 Å². The minimum atomic E-state index is 0. The van der Waals surface area contributed by atoms with E-state index in [4.69, 9.17) is 9.47 Å². The van der Waals surface area contributed by atoms with Gasteiger partial charge in [0.2, 0.25) is 0 Å². The summed E-state index contributed by atoms with van der Waals surface area (Å²) in [4.78, 5) is 4.54. The van der Waals surface area contributed by atoms with E-state index in [1.54, 1.807) is 0 Å². The van der Waals surface area contributed by atoms with Crippen molar-refractivity contribution in [3.05, 3.63) is 0 Å². The highest BCUT2D eigenvalue weighted by Gasteiger charge is 2.20. The normalized spacial score (nSPS) is 14.8. The van der Waals surface area contributed by atoms with Crippen LogP contribution in [-0.2, 0) is 9.47 Å². The van der Waals surface area contributed by atoms with Gasteiger partial charge < -0.3 is 20.1 Å². The van der Waals surface area contributed by atoms with E-state index < -0.39 is 0 Å². The van der Waals surface area contributed by atoms with E-state index in [0.717, 1.165) is 57.8 Å². The Morgan fingerprint density at radius 2 is 1.95 bits per heavy atom. The van der Waals surface area contributed by atoms with Crippen LogP contribution in [0.15, 0.2) is 4.99 Å². The van der Waals surface area contributed by atoms with Crippen molar-refractivity contribution in [1.29, 1.82) is 0 Å². The van der Waals surface area contributed by atoms with Gasteiger partial charge in [0.25, 0.3) is 0 Å². The first-order valence-corrected chi connectivity index (χ1v) is 8.40. The summed E-state index contributed by atoms with van der Waals surface area (Å²) in [5.74, 6) is 2.30. The van der Waals surface area contributed by atoms with Crippen LogP contribution in [0, 0.1) is 11.8 Å². The molecule has 0 aromatic heterocycles. The number of hydrogen-bond donors (Lipinski definition) is 2. The Morgan fingerprint density at radius 3 is 2.59 bits per heavy atom. The van der Waals surface area contributed by atoms with Crippen LogP contribution in [0.5, 0.6) is 0 Å². The number of rotatable bonds is 12. The molecular weight excluding hydrogens is 393 g/mol. The molecule has 0 atom stereocenters. The fraction of sp³-hybridized carbons (Fsp3) is 0.938. The van der Waals surface area contributed by atoms with Crippen molar-refractivity contribution in [3.63, 3.8) is 0 Å². The van der Waals surface area contributed by atoms with Crippen molar-refractivity contribution in [2.45, 2.75) is 40.0 Å². The van der Waals surface area contributed by atoms with Crippen molar-refractivity contribution in [2.75, 3.05) is 46.1 Å². The van der Waals surface area contributed by atoms with Gasteiger partial charge in [-0.2, -0.15) is 0 Å². The number of nitrogens with zero attached hydrogens (tertiary/aromatic N) is 1. The molecule has 1 saturated carbocycles. The Morgan fingerprint density at radius 1 is 1.18 bits per heavy atom. The monoisotopic (exact) mass is 427 g/mol. The van der Waals surface area contributed by atoms with Crippen LogP contribution in [0.1, 0.15) is 40.0 Å². The Balaban J connectivity index is 0.00000441. The first-order chi connectivity index (χ1) is 10.2. The number of ether oxygens (including phenoxy) is 2. The second-order valence-corrected chi connectivity index (χ2v) is 6.03. The average Bonchev–Trinajstić information content (AvgIpc) is 3.25. The highest BCUT2D eigenvalue weighted by molar-refractivity contribution is 14.0. The van der Waals surface area contributed by atoms with E-state index in [2.05, 4.69) is 36.4 Å². The molecule has 0 unspecified atom stereocenters. The molecule has 0 heterocycles. The van der Waals surface area contributed by atoms with E-state index in [-0.39, 0.29) is 24.0 Å². The Kier molecular flexibility index (Phi) is 14.5. The molecule has 0 aliphatic heterocycles. The predicted molar refractivity (Wildman–Crippen MR) is 103 cm³/mol. The Bertz CT molecular complexity index is 285. The summed E-state index contributed by atoms with van der Waals surface area (Å²) >= 11 is 0. The molecule has 5 nitrogen and oxygen atoms in total. The fourth-order valence-electron chi connectivity index (χ4n) is 1.79. The maximum Gasteiger partial charge on any atom is 0.191 e. The van der Waals surface area contributed by atoms with E-state index in [1.807, 2.05) is 0 Å². The number of hydrogen-bond acceptors (Lipinski definition) is 3. The second-order valence-electron chi connectivity index (χ2n) is 6.03. The van der Waals surface area contributed by atoms with Crippen LogP contribution in [0.4, 0.5) is 0 Å². The number of nitrogens with one attached hydrogen (secondary N) is 2. The summed E-state index contributed by atoms with van der Waals surface area (Å²) in [7, 11) is 0. The molecule has 0 bridgehead atoms. The molecular formula is C16H34IN3O2. The minimum absolute atomic E-state index is 0. The lowest BCUT2D eigenvalue weighted by Crippen LogP contribution is -2.39. The highest BCUT2D eigenvalue weighted by Crippen LogP contribution is 2.28. The van der Waals surface area contributed by atoms with Crippen molar-refractivity contribution < 1.29 is 9.47 Å². The summed E-state index contributed by atoms with van der Waals surface area (Å²) in [5, 5.41) is 6.53. The molecule has 0 aromatic carbocycles. The van der Waals surface area contributed by atoms with Gasteiger partial charge in [0.15, 0.2) is 5.96 Å². The number of aliphatic imine (C=N–C) groups is 1. The zero-order valence-corrected chi connectivity index (χ0v) is 16.7. The van der Waals surface area contributed by atoms with E-state index >= 15 is 0 Å². The Hall–Kier alpha value is -0.0800. The summed E-state index contributed by atoms with van der Waals surface area (Å²) < 4.78 is 11.1. The van der Waals surface area contributed by atoms with Crippen LogP contribution in [0.2, 0.25) is 0 Å². The van der Waals surface area contributed by atoms with Crippen LogP contribution in [-0.4, -0.2) is 52.0 Å². The molecule has 0 amide bonds. The van der Waals surface area contributed by atoms with Gasteiger partial charge in [-0.25, -0.2) is 0 Å².